The van der Waals surface area contributed by atoms with Crippen LogP contribution in [0.4, 0.5) is 11.4 Å². The van der Waals surface area contributed by atoms with E-state index in [2.05, 4.69) is 10.8 Å². The number of hydrogen-bond donors (Lipinski definition) is 1. The fourth-order valence-corrected chi connectivity index (χ4v) is 6.95. The molecule has 1 saturated heterocycles. The van der Waals surface area contributed by atoms with E-state index in [1.165, 1.54) is 24.3 Å². The van der Waals surface area contributed by atoms with Crippen molar-refractivity contribution in [1.29, 1.82) is 0 Å². The van der Waals surface area contributed by atoms with Gasteiger partial charge in [-0.15, -0.1) is 0 Å². The van der Waals surface area contributed by atoms with Gasteiger partial charge in [0.2, 0.25) is 11.8 Å². The largest absolute Gasteiger partial charge is 0.278 e. The molecule has 4 atom stereocenters. The van der Waals surface area contributed by atoms with Crippen molar-refractivity contribution in [3.8, 4) is 0 Å². The normalized spacial score (nSPS) is 26.9. The first-order valence-corrected chi connectivity index (χ1v) is 12.1. The van der Waals surface area contributed by atoms with Gasteiger partial charge in [-0.1, -0.05) is 47.0 Å². The molecule has 5 rings (SSSR count). The fourth-order valence-electron chi connectivity index (χ4n) is 5.11. The summed E-state index contributed by atoms with van der Waals surface area (Å²) in [6.45, 7) is 1.99. The predicted molar refractivity (Wildman–Crippen MR) is 119 cm³/mol. The molecular weight excluding hydrogens is 459 g/mol. The molecule has 3 aliphatic rings. The van der Waals surface area contributed by atoms with Crippen LogP contribution in [0.15, 0.2) is 59.0 Å². The topological polar surface area (TPSA) is 83.6 Å². The minimum absolute atomic E-state index is 0.0276. The first kappa shape index (κ1) is 20.5. The molecule has 0 radical (unpaired) electrons. The van der Waals surface area contributed by atoms with Crippen LogP contribution in [-0.2, 0) is 19.6 Å². The number of hydrogen-bond acceptors (Lipinski definition) is 4. The number of imide groups is 1. The standard InChI is InChI=1S/C22H18Cl2N2O4S/c1-11-8-12-9-14(11)20-19(12)21(27)26(22(20)28)13-6-7-16(24)18(10-13)31(29,30)25-17-5-3-2-4-15(17)23/h2-8,10,12,14,19-20,25H,9H2,1H3. The van der Waals surface area contributed by atoms with Crippen LogP contribution in [0.5, 0.6) is 0 Å². The Morgan fingerprint density at radius 3 is 2.45 bits per heavy atom. The third kappa shape index (κ3) is 3.10. The van der Waals surface area contributed by atoms with Gasteiger partial charge in [-0.05, 0) is 55.5 Å². The van der Waals surface area contributed by atoms with Gasteiger partial charge < -0.3 is 0 Å². The summed E-state index contributed by atoms with van der Waals surface area (Å²) in [5, 5.41) is 0.203. The molecule has 4 unspecified atom stereocenters. The van der Waals surface area contributed by atoms with Gasteiger partial charge in [-0.3, -0.25) is 14.3 Å². The zero-order chi connectivity index (χ0) is 22.1. The Labute approximate surface area is 189 Å². The second kappa shape index (κ2) is 7.08. The van der Waals surface area contributed by atoms with E-state index in [0.717, 1.165) is 16.9 Å². The number of allylic oxidation sites excluding steroid dienone is 2. The molecule has 2 fully saturated rings. The quantitative estimate of drug-likeness (QED) is 0.520. The summed E-state index contributed by atoms with van der Waals surface area (Å²) in [5.74, 6) is -1.17. The first-order chi connectivity index (χ1) is 14.7. The SMILES string of the molecule is CC1=CC2CC1C1C(=O)N(c3ccc(Cl)c(S(=O)(=O)Nc4ccccc4Cl)c3)C(=O)C21. The van der Waals surface area contributed by atoms with E-state index in [1.54, 1.807) is 18.2 Å². The zero-order valence-electron chi connectivity index (χ0n) is 16.4. The smallest absolute Gasteiger partial charge is 0.263 e. The Kier molecular flexibility index (Phi) is 4.70. The number of amides is 2. The van der Waals surface area contributed by atoms with Crippen molar-refractivity contribution in [3.05, 3.63) is 64.2 Å². The summed E-state index contributed by atoms with van der Waals surface area (Å²) in [6, 6.07) is 10.5. The van der Waals surface area contributed by atoms with Crippen molar-refractivity contribution < 1.29 is 18.0 Å². The summed E-state index contributed by atoms with van der Waals surface area (Å²) >= 11 is 12.3. The molecule has 160 valence electrons. The summed E-state index contributed by atoms with van der Waals surface area (Å²) in [5.41, 5.74) is 1.55. The lowest BCUT2D eigenvalue weighted by atomic mass is 9.82. The number of halogens is 2. The summed E-state index contributed by atoms with van der Waals surface area (Å²) in [4.78, 5) is 27.2. The lowest BCUT2D eigenvalue weighted by Gasteiger charge is -2.19. The fraction of sp³-hybridized carbons (Fsp3) is 0.273. The number of fused-ring (bicyclic) bond motifs is 5. The van der Waals surface area contributed by atoms with Gasteiger partial charge in [0, 0.05) is 0 Å². The molecule has 0 aromatic heterocycles. The van der Waals surface area contributed by atoms with Crippen LogP contribution >= 0.6 is 23.2 Å². The van der Waals surface area contributed by atoms with E-state index >= 15 is 0 Å². The number of para-hydroxylation sites is 1. The molecule has 2 amide bonds. The Bertz CT molecular complexity index is 1270. The molecule has 2 aromatic carbocycles. The van der Waals surface area contributed by atoms with Gasteiger partial charge in [0.05, 0.1) is 33.3 Å². The van der Waals surface area contributed by atoms with Gasteiger partial charge in [0.15, 0.2) is 0 Å². The predicted octanol–water partition coefficient (Wildman–Crippen LogP) is 4.50. The van der Waals surface area contributed by atoms with Crippen molar-refractivity contribution >= 4 is 56.4 Å². The van der Waals surface area contributed by atoms with Crippen LogP contribution in [0.3, 0.4) is 0 Å². The Morgan fingerprint density at radius 2 is 1.71 bits per heavy atom. The van der Waals surface area contributed by atoms with Crippen LogP contribution < -0.4 is 9.62 Å². The van der Waals surface area contributed by atoms with Crippen molar-refractivity contribution in [1.82, 2.24) is 0 Å². The highest BCUT2D eigenvalue weighted by Crippen LogP contribution is 2.56. The highest BCUT2D eigenvalue weighted by atomic mass is 35.5. The van der Waals surface area contributed by atoms with Crippen molar-refractivity contribution in [2.45, 2.75) is 18.2 Å². The number of carbonyl (C=O) groups excluding carboxylic acids is 2. The number of rotatable bonds is 4. The summed E-state index contributed by atoms with van der Waals surface area (Å²) < 4.78 is 28.4. The maximum atomic E-state index is 13.2. The van der Waals surface area contributed by atoms with Crippen LogP contribution in [0.25, 0.3) is 0 Å². The molecular formula is C22H18Cl2N2O4S. The summed E-state index contributed by atoms with van der Waals surface area (Å²) in [6.07, 6.45) is 2.92. The highest BCUT2D eigenvalue weighted by molar-refractivity contribution is 7.92. The highest BCUT2D eigenvalue weighted by Gasteiger charge is 2.61. The van der Waals surface area contributed by atoms with E-state index in [1.807, 2.05) is 6.92 Å². The van der Waals surface area contributed by atoms with Crippen LogP contribution in [-0.4, -0.2) is 20.2 Å². The van der Waals surface area contributed by atoms with E-state index in [-0.39, 0.29) is 61.8 Å². The Hall–Kier alpha value is -2.35. The molecule has 1 N–H and O–H groups in total. The molecule has 0 spiro atoms. The van der Waals surface area contributed by atoms with Gasteiger partial charge in [-0.2, -0.15) is 0 Å². The van der Waals surface area contributed by atoms with Gasteiger partial charge in [0.1, 0.15) is 4.90 Å². The number of sulfonamides is 1. The molecule has 1 aliphatic heterocycles. The van der Waals surface area contributed by atoms with Gasteiger partial charge in [-0.25, -0.2) is 13.3 Å². The van der Waals surface area contributed by atoms with E-state index < -0.39 is 10.0 Å². The Balaban J connectivity index is 1.51. The number of nitrogens with zero attached hydrogens (tertiary/aromatic N) is 1. The lowest BCUT2D eigenvalue weighted by molar-refractivity contribution is -0.123. The van der Waals surface area contributed by atoms with E-state index in [0.29, 0.717) is 0 Å². The molecule has 31 heavy (non-hydrogen) atoms. The average Bonchev–Trinajstić information content (AvgIpc) is 3.35. The second-order valence-corrected chi connectivity index (χ2v) is 10.6. The van der Waals surface area contributed by atoms with Crippen LogP contribution in [0, 0.1) is 23.7 Å². The maximum absolute atomic E-state index is 13.2. The maximum Gasteiger partial charge on any atom is 0.263 e. The molecule has 2 aromatic rings. The molecule has 2 bridgehead atoms. The minimum atomic E-state index is -4.12. The first-order valence-electron chi connectivity index (χ1n) is 9.82. The van der Waals surface area contributed by atoms with Gasteiger partial charge in [0.25, 0.3) is 10.0 Å². The third-order valence-electron chi connectivity index (χ3n) is 6.46. The lowest BCUT2D eigenvalue weighted by Crippen LogP contribution is -2.33. The molecule has 2 aliphatic carbocycles. The minimum Gasteiger partial charge on any atom is -0.278 e. The van der Waals surface area contributed by atoms with Crippen LogP contribution in [0.2, 0.25) is 10.0 Å². The van der Waals surface area contributed by atoms with Crippen molar-refractivity contribution in [2.24, 2.45) is 23.7 Å². The average molecular weight is 477 g/mol. The molecule has 1 saturated carbocycles. The third-order valence-corrected chi connectivity index (χ3v) is 8.64. The van der Waals surface area contributed by atoms with Crippen molar-refractivity contribution in [2.75, 3.05) is 9.62 Å². The monoisotopic (exact) mass is 476 g/mol. The molecule has 1 heterocycles. The van der Waals surface area contributed by atoms with Crippen LogP contribution in [0.1, 0.15) is 13.3 Å². The van der Waals surface area contributed by atoms with Crippen molar-refractivity contribution in [3.63, 3.8) is 0 Å². The summed E-state index contributed by atoms with van der Waals surface area (Å²) in [7, 11) is -4.12. The van der Waals surface area contributed by atoms with E-state index in [4.69, 9.17) is 23.2 Å². The number of benzene rings is 2. The molecule has 6 nitrogen and oxygen atoms in total. The Morgan fingerprint density at radius 1 is 1.00 bits per heavy atom. The molecule has 9 heteroatoms. The van der Waals surface area contributed by atoms with E-state index in [9.17, 15) is 18.0 Å². The number of anilines is 2. The van der Waals surface area contributed by atoms with Gasteiger partial charge >= 0.3 is 0 Å². The number of nitrogens with one attached hydrogen (secondary N) is 1. The second-order valence-electron chi connectivity index (χ2n) is 8.18. The number of carbonyl (C=O) groups is 2. The zero-order valence-corrected chi connectivity index (χ0v) is 18.7.